The van der Waals surface area contributed by atoms with Gasteiger partial charge in [0.05, 0.1) is 0 Å². The lowest BCUT2D eigenvalue weighted by Crippen LogP contribution is -2.37. The number of hydrogen-bond donors (Lipinski definition) is 0. The van der Waals surface area contributed by atoms with Gasteiger partial charge in [0, 0.05) is 26.0 Å². The van der Waals surface area contributed by atoms with Crippen LogP contribution in [-0.2, 0) is 0 Å². The highest BCUT2D eigenvalue weighted by Gasteiger charge is 2.22. The molecule has 2 nitrogen and oxygen atoms in total. The summed E-state index contributed by atoms with van der Waals surface area (Å²) < 4.78 is 0. The van der Waals surface area contributed by atoms with Gasteiger partial charge in [-0.15, -0.1) is 0 Å². The molecule has 1 aliphatic heterocycles. The number of unbranched alkanes of at least 4 members (excludes halogenated alkanes) is 22. The molecule has 0 aromatic carbocycles. The second-order valence-corrected chi connectivity index (χ2v) is 11.2. The zero-order chi connectivity index (χ0) is 24.5. The number of rotatable bonds is 26. The normalized spacial score (nSPS) is 15.7. The predicted molar refractivity (Wildman–Crippen MR) is 154 cm³/mol. The fourth-order valence-corrected chi connectivity index (χ4v) is 5.52. The van der Waals surface area contributed by atoms with Crippen molar-refractivity contribution >= 4 is 0 Å². The largest absolute Gasteiger partial charge is 0.359 e. The van der Waals surface area contributed by atoms with Gasteiger partial charge in [0.15, 0.2) is 0 Å². The van der Waals surface area contributed by atoms with Gasteiger partial charge in [-0.05, 0) is 19.3 Å². The topological polar surface area (TPSA) is 6.48 Å². The Morgan fingerprint density at radius 1 is 0.441 bits per heavy atom. The Hall–Kier alpha value is -0.660. The Balaban J connectivity index is 1.86. The summed E-state index contributed by atoms with van der Waals surface area (Å²) in [5, 5.41) is 0. The second-order valence-electron chi connectivity index (χ2n) is 11.2. The Bertz CT molecular complexity index is 433. The monoisotopic (exact) mass is 477 g/mol. The fraction of sp³-hybridized carbons (Fsp3) is 0.938. The lowest BCUT2D eigenvalue weighted by atomic mass is 10.0. The molecule has 0 radical (unpaired) electrons. The molecular weight excluding hydrogens is 412 g/mol. The first kappa shape index (κ1) is 31.4. The van der Waals surface area contributed by atoms with Crippen molar-refractivity contribution in [2.45, 2.75) is 181 Å². The molecule has 2 heteroatoms. The predicted octanol–water partition coefficient (Wildman–Crippen LogP) is 10.8. The molecule has 0 N–H and O–H groups in total. The molecule has 0 saturated carbocycles. The average Bonchev–Trinajstić information content (AvgIpc) is 3.19. The van der Waals surface area contributed by atoms with Gasteiger partial charge in [0.2, 0.25) is 0 Å². The molecule has 0 fully saturated rings. The van der Waals surface area contributed by atoms with E-state index in [1.807, 2.05) is 0 Å². The van der Waals surface area contributed by atoms with E-state index in [0.717, 1.165) is 0 Å². The minimum atomic E-state index is 0.622. The summed E-state index contributed by atoms with van der Waals surface area (Å²) in [5.41, 5.74) is 0. The molecule has 0 aromatic heterocycles. The third-order valence-electron chi connectivity index (χ3n) is 7.93. The Morgan fingerprint density at radius 3 is 1.21 bits per heavy atom. The first-order valence-corrected chi connectivity index (χ1v) is 16.0. The van der Waals surface area contributed by atoms with Crippen LogP contribution in [0.25, 0.3) is 0 Å². The van der Waals surface area contributed by atoms with Gasteiger partial charge in [0.1, 0.15) is 6.17 Å². The summed E-state index contributed by atoms with van der Waals surface area (Å²) in [6.07, 6.45) is 41.2. The van der Waals surface area contributed by atoms with Crippen LogP contribution in [0.5, 0.6) is 0 Å². The molecule has 1 heterocycles. The maximum absolute atomic E-state index is 2.61. The smallest absolute Gasteiger partial charge is 0.100 e. The van der Waals surface area contributed by atoms with E-state index in [2.05, 4.69) is 43.1 Å². The quantitative estimate of drug-likeness (QED) is 0.114. The van der Waals surface area contributed by atoms with E-state index in [0.29, 0.717) is 6.17 Å². The minimum Gasteiger partial charge on any atom is -0.359 e. The molecule has 0 aromatic rings. The van der Waals surface area contributed by atoms with E-state index in [1.165, 1.54) is 167 Å². The van der Waals surface area contributed by atoms with E-state index in [1.54, 1.807) is 0 Å². The molecule has 0 aliphatic carbocycles. The molecule has 1 aliphatic rings. The first-order chi connectivity index (χ1) is 16.8. The Kier molecular flexibility index (Phi) is 22.2. The summed E-state index contributed by atoms with van der Waals surface area (Å²) in [6.45, 7) is 5.86. The van der Waals surface area contributed by atoms with Crippen molar-refractivity contribution in [3.8, 4) is 0 Å². The summed E-state index contributed by atoms with van der Waals surface area (Å²) >= 11 is 0. The van der Waals surface area contributed by atoms with E-state index in [-0.39, 0.29) is 0 Å². The first-order valence-electron chi connectivity index (χ1n) is 16.0. The van der Waals surface area contributed by atoms with Crippen LogP contribution in [0.1, 0.15) is 174 Å². The van der Waals surface area contributed by atoms with Crippen LogP contribution in [0, 0.1) is 0 Å². The van der Waals surface area contributed by atoms with Crippen molar-refractivity contribution in [2.75, 3.05) is 13.6 Å². The highest BCUT2D eigenvalue weighted by molar-refractivity contribution is 4.95. The molecule has 1 atom stereocenters. The number of hydrogen-bond acceptors (Lipinski definition) is 2. The molecule has 34 heavy (non-hydrogen) atoms. The summed E-state index contributed by atoms with van der Waals surface area (Å²) in [5.74, 6) is 0. The molecular formula is C32H64N2. The van der Waals surface area contributed by atoms with E-state index < -0.39 is 0 Å². The zero-order valence-corrected chi connectivity index (χ0v) is 24.0. The lowest BCUT2D eigenvalue weighted by Gasteiger charge is -2.30. The van der Waals surface area contributed by atoms with Gasteiger partial charge < -0.3 is 9.80 Å². The standard InChI is InChI=1S/C32H64N2/c1-4-6-8-10-12-13-14-15-16-17-18-19-20-21-23-25-27-29-34-31-30-33(3)32(34)28-26-24-22-11-9-7-5-2/h30-32H,4-29H2,1-3H3. The van der Waals surface area contributed by atoms with Gasteiger partial charge in [-0.1, -0.05) is 155 Å². The van der Waals surface area contributed by atoms with Crippen molar-refractivity contribution in [1.82, 2.24) is 9.80 Å². The third-order valence-corrected chi connectivity index (χ3v) is 7.93. The zero-order valence-electron chi connectivity index (χ0n) is 24.0. The van der Waals surface area contributed by atoms with Crippen LogP contribution >= 0.6 is 0 Å². The van der Waals surface area contributed by atoms with Crippen molar-refractivity contribution in [3.63, 3.8) is 0 Å². The van der Waals surface area contributed by atoms with Crippen LogP contribution in [-0.4, -0.2) is 29.6 Å². The number of nitrogens with zero attached hydrogens (tertiary/aromatic N) is 2. The highest BCUT2D eigenvalue weighted by Crippen LogP contribution is 2.21. The maximum Gasteiger partial charge on any atom is 0.100 e. The SMILES string of the molecule is CCCCCCCCCCCCCCCCCCCN1C=CN(C)C1CCCCCCCCC. The Labute approximate surface area is 216 Å². The van der Waals surface area contributed by atoms with Crippen LogP contribution in [0.2, 0.25) is 0 Å². The van der Waals surface area contributed by atoms with Crippen LogP contribution in [0.4, 0.5) is 0 Å². The molecule has 0 amide bonds. The third kappa shape index (κ3) is 17.7. The van der Waals surface area contributed by atoms with Crippen LogP contribution < -0.4 is 0 Å². The van der Waals surface area contributed by atoms with Gasteiger partial charge in [0.25, 0.3) is 0 Å². The molecule has 1 rings (SSSR count). The summed E-state index contributed by atoms with van der Waals surface area (Å²) in [6, 6.07) is 0. The van der Waals surface area contributed by atoms with Crippen molar-refractivity contribution in [3.05, 3.63) is 12.4 Å². The molecule has 0 saturated heterocycles. The van der Waals surface area contributed by atoms with E-state index in [4.69, 9.17) is 0 Å². The van der Waals surface area contributed by atoms with E-state index >= 15 is 0 Å². The highest BCUT2D eigenvalue weighted by atomic mass is 15.4. The van der Waals surface area contributed by atoms with Crippen molar-refractivity contribution in [2.24, 2.45) is 0 Å². The second kappa shape index (κ2) is 24.1. The average molecular weight is 477 g/mol. The van der Waals surface area contributed by atoms with Gasteiger partial charge >= 0.3 is 0 Å². The molecule has 202 valence electrons. The molecule has 0 bridgehead atoms. The Morgan fingerprint density at radius 2 is 0.794 bits per heavy atom. The molecule has 0 spiro atoms. The fourth-order valence-electron chi connectivity index (χ4n) is 5.52. The van der Waals surface area contributed by atoms with Crippen molar-refractivity contribution < 1.29 is 0 Å². The maximum atomic E-state index is 2.61. The summed E-state index contributed by atoms with van der Waals surface area (Å²) in [7, 11) is 2.26. The lowest BCUT2D eigenvalue weighted by molar-refractivity contribution is 0.159. The van der Waals surface area contributed by atoms with Gasteiger partial charge in [-0.3, -0.25) is 0 Å². The van der Waals surface area contributed by atoms with Crippen LogP contribution in [0.3, 0.4) is 0 Å². The van der Waals surface area contributed by atoms with Gasteiger partial charge in [-0.25, -0.2) is 0 Å². The van der Waals surface area contributed by atoms with E-state index in [9.17, 15) is 0 Å². The van der Waals surface area contributed by atoms with Crippen LogP contribution in [0.15, 0.2) is 12.4 Å². The van der Waals surface area contributed by atoms with Crippen molar-refractivity contribution in [1.29, 1.82) is 0 Å². The van der Waals surface area contributed by atoms with Gasteiger partial charge in [-0.2, -0.15) is 0 Å². The molecule has 1 unspecified atom stereocenters. The minimum absolute atomic E-state index is 0.622. The summed E-state index contributed by atoms with van der Waals surface area (Å²) in [4.78, 5) is 5.05.